The summed E-state index contributed by atoms with van der Waals surface area (Å²) in [5.41, 5.74) is -1.27. The summed E-state index contributed by atoms with van der Waals surface area (Å²) in [6.07, 6.45) is 1.53. The maximum atomic E-state index is 13.7. The first-order valence-corrected chi connectivity index (χ1v) is 5.38. The van der Waals surface area contributed by atoms with Crippen LogP contribution in [0.3, 0.4) is 0 Å². The summed E-state index contributed by atoms with van der Waals surface area (Å²) in [5, 5.41) is 0. The molecule has 86 valence electrons. The number of rotatable bonds is 2. The average molecular weight is 214 g/mol. The van der Waals surface area contributed by atoms with Gasteiger partial charge in [0.15, 0.2) is 0 Å². The van der Waals surface area contributed by atoms with Gasteiger partial charge in [0.2, 0.25) is 0 Å². The lowest BCUT2D eigenvalue weighted by atomic mass is 9.86. The molecule has 1 heterocycles. The molecule has 0 spiro atoms. The van der Waals surface area contributed by atoms with Crippen molar-refractivity contribution >= 4 is 7.12 Å². The molecule has 1 aliphatic rings. The van der Waals surface area contributed by atoms with Crippen molar-refractivity contribution in [2.45, 2.75) is 52.7 Å². The largest absolute Gasteiger partial charge is 0.524 e. The summed E-state index contributed by atoms with van der Waals surface area (Å²) in [6.45, 7) is 11.5. The van der Waals surface area contributed by atoms with Crippen LogP contribution in [0.5, 0.6) is 0 Å². The fourth-order valence-electron chi connectivity index (χ4n) is 1.35. The molecule has 1 aliphatic heterocycles. The molecule has 2 nitrogen and oxygen atoms in total. The molecule has 0 N–H and O–H groups in total. The molecule has 0 radical (unpaired) electrons. The maximum absolute atomic E-state index is 13.7. The first-order chi connectivity index (χ1) is 6.66. The Bertz CT molecular complexity index is 256. The van der Waals surface area contributed by atoms with Gasteiger partial charge in [-0.25, -0.2) is 4.39 Å². The van der Waals surface area contributed by atoms with Gasteiger partial charge in [0.25, 0.3) is 0 Å². The Morgan fingerprint density at radius 1 is 1.13 bits per heavy atom. The number of hydrogen-bond acceptors (Lipinski definition) is 2. The normalized spacial score (nSPS) is 25.1. The van der Waals surface area contributed by atoms with Crippen LogP contribution in [0.2, 0.25) is 0 Å². The van der Waals surface area contributed by atoms with E-state index in [9.17, 15) is 4.39 Å². The van der Waals surface area contributed by atoms with Gasteiger partial charge in [-0.1, -0.05) is 19.9 Å². The molecule has 0 bridgehead atoms. The smallest absolute Gasteiger partial charge is 0.398 e. The number of hydrogen-bond donors (Lipinski definition) is 0. The fourth-order valence-corrected chi connectivity index (χ4v) is 1.35. The third kappa shape index (κ3) is 2.61. The lowest BCUT2D eigenvalue weighted by Gasteiger charge is -2.32. The Morgan fingerprint density at radius 3 is 1.87 bits per heavy atom. The highest BCUT2D eigenvalue weighted by molar-refractivity contribution is 6.53. The molecule has 0 aromatic rings. The monoisotopic (exact) mass is 214 g/mol. The third-order valence-electron chi connectivity index (χ3n) is 2.97. The van der Waals surface area contributed by atoms with Gasteiger partial charge in [0.05, 0.1) is 11.2 Å². The molecular weight excluding hydrogens is 194 g/mol. The van der Waals surface area contributed by atoms with Gasteiger partial charge in [-0.15, -0.1) is 0 Å². The molecule has 4 heteroatoms. The zero-order chi connectivity index (χ0) is 11.9. The Labute approximate surface area is 92.0 Å². The van der Waals surface area contributed by atoms with Crippen molar-refractivity contribution in [1.29, 1.82) is 0 Å². The molecular formula is C11H20BFO2. The van der Waals surface area contributed by atoms with Crippen LogP contribution in [0.1, 0.15) is 41.5 Å². The van der Waals surface area contributed by atoms with E-state index >= 15 is 0 Å². The second kappa shape index (κ2) is 3.91. The number of halogens is 1. The highest BCUT2D eigenvalue weighted by Crippen LogP contribution is 2.38. The average Bonchev–Trinajstić information content (AvgIpc) is 2.20. The Hall–Kier alpha value is -0.345. The van der Waals surface area contributed by atoms with Crippen LogP contribution in [-0.4, -0.2) is 18.3 Å². The second-order valence-electron chi connectivity index (χ2n) is 5.38. The van der Waals surface area contributed by atoms with Gasteiger partial charge in [0, 0.05) is 0 Å². The zero-order valence-corrected chi connectivity index (χ0v) is 10.4. The first kappa shape index (κ1) is 12.7. The standard InChI is InChI=1S/C11H20BFO2/c1-8(2)7-9(13)12-14-10(3,4)11(5,6)15-12/h7-8H,1-6H3. The summed E-state index contributed by atoms with van der Waals surface area (Å²) in [5.74, 6) is 0.157. The van der Waals surface area contributed by atoms with Gasteiger partial charge in [0.1, 0.15) is 5.73 Å². The van der Waals surface area contributed by atoms with E-state index in [4.69, 9.17) is 9.31 Å². The molecule has 0 aromatic carbocycles. The van der Waals surface area contributed by atoms with Crippen LogP contribution in [0.15, 0.2) is 11.8 Å². The Kier molecular flexibility index (Phi) is 3.31. The zero-order valence-electron chi connectivity index (χ0n) is 10.4. The van der Waals surface area contributed by atoms with Crippen molar-refractivity contribution in [3.05, 3.63) is 11.8 Å². The van der Waals surface area contributed by atoms with Crippen molar-refractivity contribution in [3.8, 4) is 0 Å². The highest BCUT2D eigenvalue weighted by atomic mass is 19.1. The molecule has 0 amide bonds. The minimum Gasteiger partial charge on any atom is -0.398 e. The van der Waals surface area contributed by atoms with E-state index in [0.717, 1.165) is 0 Å². The molecule has 0 unspecified atom stereocenters. The van der Waals surface area contributed by atoms with Crippen LogP contribution in [0, 0.1) is 5.92 Å². The Morgan fingerprint density at radius 2 is 1.53 bits per heavy atom. The summed E-state index contributed by atoms with van der Waals surface area (Å²) in [7, 11) is -0.850. The maximum Gasteiger partial charge on any atom is 0.524 e. The topological polar surface area (TPSA) is 18.5 Å². The van der Waals surface area contributed by atoms with Crippen LogP contribution in [-0.2, 0) is 9.31 Å². The van der Waals surface area contributed by atoms with Crippen molar-refractivity contribution in [2.24, 2.45) is 5.92 Å². The minimum absolute atomic E-state index is 0.157. The lowest BCUT2D eigenvalue weighted by Crippen LogP contribution is -2.41. The summed E-state index contributed by atoms with van der Waals surface area (Å²) in [4.78, 5) is 0. The van der Waals surface area contributed by atoms with Crippen LogP contribution in [0.4, 0.5) is 4.39 Å². The van der Waals surface area contributed by atoms with Crippen molar-refractivity contribution < 1.29 is 13.7 Å². The quantitative estimate of drug-likeness (QED) is 0.657. The predicted octanol–water partition coefficient (Wildman–Crippen LogP) is 3.13. The van der Waals surface area contributed by atoms with Crippen LogP contribution in [0.25, 0.3) is 0 Å². The molecule has 15 heavy (non-hydrogen) atoms. The van der Waals surface area contributed by atoms with Gasteiger partial charge in [-0.05, 0) is 33.6 Å². The van der Waals surface area contributed by atoms with E-state index in [0.29, 0.717) is 0 Å². The molecule has 1 fully saturated rings. The molecule has 0 aromatic heterocycles. The van der Waals surface area contributed by atoms with Crippen molar-refractivity contribution in [3.63, 3.8) is 0 Å². The van der Waals surface area contributed by atoms with E-state index in [2.05, 4.69) is 0 Å². The third-order valence-corrected chi connectivity index (χ3v) is 2.97. The predicted molar refractivity (Wildman–Crippen MR) is 60.1 cm³/mol. The van der Waals surface area contributed by atoms with E-state index in [1.807, 2.05) is 41.5 Å². The highest BCUT2D eigenvalue weighted by Gasteiger charge is 2.52. The Balaban J connectivity index is 2.79. The second-order valence-corrected chi connectivity index (χ2v) is 5.38. The van der Waals surface area contributed by atoms with E-state index < -0.39 is 18.3 Å². The number of allylic oxidation sites excluding steroid dienone is 1. The molecule has 1 rings (SSSR count). The van der Waals surface area contributed by atoms with Crippen molar-refractivity contribution in [1.82, 2.24) is 0 Å². The summed E-state index contributed by atoms with van der Waals surface area (Å²) < 4.78 is 24.8. The summed E-state index contributed by atoms with van der Waals surface area (Å²) in [6, 6.07) is 0. The molecule has 0 aliphatic carbocycles. The van der Waals surface area contributed by atoms with Crippen molar-refractivity contribution in [2.75, 3.05) is 0 Å². The minimum atomic E-state index is -0.850. The molecule has 1 saturated heterocycles. The van der Waals surface area contributed by atoms with Gasteiger partial charge >= 0.3 is 7.12 Å². The van der Waals surface area contributed by atoms with Crippen LogP contribution >= 0.6 is 0 Å². The van der Waals surface area contributed by atoms with Gasteiger partial charge < -0.3 is 9.31 Å². The van der Waals surface area contributed by atoms with Crippen LogP contribution < -0.4 is 0 Å². The first-order valence-electron chi connectivity index (χ1n) is 5.38. The SMILES string of the molecule is CC(C)C=C(F)B1OC(C)(C)C(C)(C)O1. The lowest BCUT2D eigenvalue weighted by molar-refractivity contribution is 0.00578. The molecule has 0 saturated carbocycles. The summed E-state index contributed by atoms with van der Waals surface area (Å²) >= 11 is 0. The van der Waals surface area contributed by atoms with E-state index in [-0.39, 0.29) is 11.6 Å². The van der Waals surface area contributed by atoms with E-state index in [1.54, 1.807) is 0 Å². The van der Waals surface area contributed by atoms with Gasteiger partial charge in [-0.2, -0.15) is 0 Å². The van der Waals surface area contributed by atoms with E-state index in [1.165, 1.54) is 6.08 Å². The molecule has 0 atom stereocenters. The van der Waals surface area contributed by atoms with Gasteiger partial charge in [-0.3, -0.25) is 0 Å². The fraction of sp³-hybridized carbons (Fsp3) is 0.818.